The molecule has 0 saturated carbocycles. The number of thiazole rings is 1. The number of aromatic hydroxyl groups is 1. The van der Waals surface area contributed by atoms with Crippen molar-refractivity contribution in [1.29, 1.82) is 0 Å². The lowest BCUT2D eigenvalue weighted by Gasteiger charge is -2.27. The fraction of sp³-hybridized carbons (Fsp3) is 0.150. The van der Waals surface area contributed by atoms with Gasteiger partial charge in [-0.2, -0.15) is 0 Å². The molecule has 0 aliphatic rings. The number of nitrogens with two attached hydrogens (primary N) is 1. The summed E-state index contributed by atoms with van der Waals surface area (Å²) in [4.78, 5) is 30.3. The summed E-state index contributed by atoms with van der Waals surface area (Å²) in [6.45, 7) is 0. The number of benzene rings is 2. The van der Waals surface area contributed by atoms with Gasteiger partial charge >= 0.3 is 0 Å². The molecule has 138 valence electrons. The smallest absolute Gasteiger partial charge is 0.273 e. The Balaban J connectivity index is 1.85. The van der Waals surface area contributed by atoms with Crippen LogP contribution in [0.15, 0.2) is 60.0 Å². The van der Waals surface area contributed by atoms with E-state index < -0.39 is 11.9 Å². The van der Waals surface area contributed by atoms with Gasteiger partial charge in [-0.1, -0.05) is 30.3 Å². The minimum Gasteiger partial charge on any atom is -0.508 e. The van der Waals surface area contributed by atoms with E-state index in [9.17, 15) is 14.7 Å². The molecule has 1 aromatic heterocycles. The molecule has 0 aliphatic carbocycles. The standard InChI is InChI=1S/C20H19N3O3S/c1-23(17(11-18(21)25)13-5-3-2-4-6-13)20(26)16-12-27-19(22-16)14-7-9-15(24)10-8-14/h2-10,12,17,24H,11H2,1H3,(H2,21,25). The Bertz CT molecular complexity index is 939. The van der Waals surface area contributed by atoms with Crippen molar-refractivity contribution in [3.63, 3.8) is 0 Å². The zero-order valence-electron chi connectivity index (χ0n) is 14.7. The predicted molar refractivity (Wildman–Crippen MR) is 104 cm³/mol. The summed E-state index contributed by atoms with van der Waals surface area (Å²) < 4.78 is 0. The number of carbonyl (C=O) groups is 2. The highest BCUT2D eigenvalue weighted by molar-refractivity contribution is 7.13. The van der Waals surface area contributed by atoms with Gasteiger partial charge in [0.05, 0.1) is 12.5 Å². The topological polar surface area (TPSA) is 96.5 Å². The van der Waals surface area contributed by atoms with Crippen LogP contribution < -0.4 is 5.73 Å². The molecule has 2 amide bonds. The zero-order valence-corrected chi connectivity index (χ0v) is 15.5. The molecule has 1 heterocycles. The molecule has 1 unspecified atom stereocenters. The van der Waals surface area contributed by atoms with Crippen LogP contribution in [0.1, 0.15) is 28.5 Å². The van der Waals surface area contributed by atoms with Gasteiger partial charge in [0, 0.05) is 18.0 Å². The number of amides is 2. The van der Waals surface area contributed by atoms with Gasteiger partial charge in [-0.05, 0) is 29.8 Å². The molecule has 0 spiro atoms. The van der Waals surface area contributed by atoms with E-state index in [0.717, 1.165) is 11.1 Å². The van der Waals surface area contributed by atoms with Crippen LogP contribution >= 0.6 is 11.3 Å². The highest BCUT2D eigenvalue weighted by Crippen LogP contribution is 2.28. The van der Waals surface area contributed by atoms with Gasteiger partial charge < -0.3 is 15.7 Å². The summed E-state index contributed by atoms with van der Waals surface area (Å²) in [6, 6.07) is 15.5. The lowest BCUT2D eigenvalue weighted by atomic mass is 10.0. The van der Waals surface area contributed by atoms with Crippen molar-refractivity contribution < 1.29 is 14.7 Å². The number of phenols is 1. The second kappa shape index (κ2) is 8.01. The van der Waals surface area contributed by atoms with Gasteiger partial charge in [-0.25, -0.2) is 4.98 Å². The van der Waals surface area contributed by atoms with Crippen LogP contribution in [0.5, 0.6) is 5.75 Å². The van der Waals surface area contributed by atoms with E-state index in [-0.39, 0.29) is 18.1 Å². The van der Waals surface area contributed by atoms with E-state index in [1.807, 2.05) is 30.3 Å². The summed E-state index contributed by atoms with van der Waals surface area (Å²) >= 11 is 1.34. The van der Waals surface area contributed by atoms with E-state index in [0.29, 0.717) is 10.7 Å². The summed E-state index contributed by atoms with van der Waals surface area (Å²) in [6.07, 6.45) is 0.0290. The first kappa shape index (κ1) is 18.6. The molecular formula is C20H19N3O3S. The summed E-state index contributed by atoms with van der Waals surface area (Å²) in [7, 11) is 1.64. The number of rotatable bonds is 6. The van der Waals surface area contributed by atoms with Crippen molar-refractivity contribution in [2.24, 2.45) is 5.73 Å². The van der Waals surface area contributed by atoms with Crippen LogP contribution in [0.4, 0.5) is 0 Å². The van der Waals surface area contributed by atoms with Crippen LogP contribution in [0, 0.1) is 0 Å². The van der Waals surface area contributed by atoms with Gasteiger partial charge in [0.1, 0.15) is 16.5 Å². The molecule has 27 heavy (non-hydrogen) atoms. The number of carbonyl (C=O) groups excluding carboxylic acids is 2. The molecule has 3 N–H and O–H groups in total. The van der Waals surface area contributed by atoms with Crippen molar-refractivity contribution in [2.45, 2.75) is 12.5 Å². The van der Waals surface area contributed by atoms with E-state index in [4.69, 9.17) is 5.73 Å². The molecule has 3 aromatic rings. The fourth-order valence-electron chi connectivity index (χ4n) is 2.77. The Morgan fingerprint density at radius 3 is 2.44 bits per heavy atom. The van der Waals surface area contributed by atoms with Gasteiger partial charge in [0.25, 0.3) is 5.91 Å². The fourth-order valence-corrected chi connectivity index (χ4v) is 3.57. The second-order valence-corrected chi connectivity index (χ2v) is 6.96. The Kier molecular flexibility index (Phi) is 5.52. The van der Waals surface area contributed by atoms with Gasteiger partial charge in [0.15, 0.2) is 0 Å². The van der Waals surface area contributed by atoms with E-state index >= 15 is 0 Å². The minimum atomic E-state index is -0.480. The highest BCUT2D eigenvalue weighted by Gasteiger charge is 2.26. The Morgan fingerprint density at radius 2 is 1.81 bits per heavy atom. The van der Waals surface area contributed by atoms with Crippen molar-refractivity contribution >= 4 is 23.2 Å². The maximum Gasteiger partial charge on any atom is 0.273 e. The molecular weight excluding hydrogens is 362 g/mol. The van der Waals surface area contributed by atoms with E-state index in [1.165, 1.54) is 16.2 Å². The summed E-state index contributed by atoms with van der Waals surface area (Å²) in [5, 5.41) is 11.8. The van der Waals surface area contributed by atoms with Crippen LogP contribution in [-0.2, 0) is 4.79 Å². The third-order valence-corrected chi connectivity index (χ3v) is 5.10. The average molecular weight is 381 g/mol. The van der Waals surface area contributed by atoms with Gasteiger partial charge in [-0.15, -0.1) is 11.3 Å². The number of nitrogens with zero attached hydrogens (tertiary/aromatic N) is 2. The monoisotopic (exact) mass is 381 g/mol. The van der Waals surface area contributed by atoms with E-state index in [2.05, 4.69) is 4.98 Å². The van der Waals surface area contributed by atoms with Gasteiger partial charge in [0.2, 0.25) is 5.91 Å². The van der Waals surface area contributed by atoms with Crippen molar-refractivity contribution in [1.82, 2.24) is 9.88 Å². The Labute approximate surface area is 160 Å². The molecule has 0 saturated heterocycles. The molecule has 0 aliphatic heterocycles. The van der Waals surface area contributed by atoms with Crippen LogP contribution in [0.2, 0.25) is 0 Å². The Morgan fingerprint density at radius 1 is 1.15 bits per heavy atom. The van der Waals surface area contributed by atoms with Crippen LogP contribution in [0.3, 0.4) is 0 Å². The normalized spacial score (nSPS) is 11.7. The number of hydrogen-bond acceptors (Lipinski definition) is 5. The molecule has 0 bridgehead atoms. The molecule has 1 atom stereocenters. The number of hydrogen-bond donors (Lipinski definition) is 2. The molecule has 3 rings (SSSR count). The molecule has 0 radical (unpaired) electrons. The lowest BCUT2D eigenvalue weighted by molar-refractivity contribution is -0.119. The lowest BCUT2D eigenvalue weighted by Crippen LogP contribution is -2.34. The predicted octanol–water partition coefficient (Wildman–Crippen LogP) is 3.20. The second-order valence-electron chi connectivity index (χ2n) is 6.10. The van der Waals surface area contributed by atoms with E-state index in [1.54, 1.807) is 36.7 Å². The van der Waals surface area contributed by atoms with Crippen molar-refractivity contribution in [3.8, 4) is 16.3 Å². The Hall–Kier alpha value is -3.19. The third kappa shape index (κ3) is 4.32. The zero-order chi connectivity index (χ0) is 19.4. The maximum absolute atomic E-state index is 12.9. The first-order valence-corrected chi connectivity index (χ1v) is 9.19. The SMILES string of the molecule is CN(C(=O)c1csc(-c2ccc(O)cc2)n1)C(CC(N)=O)c1ccccc1. The quantitative estimate of drug-likeness (QED) is 0.685. The summed E-state index contributed by atoms with van der Waals surface area (Å²) in [5.74, 6) is -0.596. The molecule has 0 fully saturated rings. The number of aromatic nitrogens is 1. The summed E-state index contributed by atoms with van der Waals surface area (Å²) in [5.41, 5.74) is 7.34. The average Bonchev–Trinajstić information content (AvgIpc) is 3.16. The third-order valence-electron chi connectivity index (χ3n) is 4.20. The molecule has 2 aromatic carbocycles. The molecule has 7 heteroatoms. The first-order valence-electron chi connectivity index (χ1n) is 8.31. The first-order chi connectivity index (χ1) is 13.0. The minimum absolute atomic E-state index is 0.0290. The van der Waals surface area contributed by atoms with Crippen molar-refractivity contribution in [2.75, 3.05) is 7.05 Å². The number of phenolic OH excluding ortho intramolecular Hbond substituents is 1. The largest absolute Gasteiger partial charge is 0.508 e. The van der Waals surface area contributed by atoms with Crippen LogP contribution in [0.25, 0.3) is 10.6 Å². The van der Waals surface area contributed by atoms with Crippen LogP contribution in [-0.4, -0.2) is 33.9 Å². The maximum atomic E-state index is 12.9. The highest BCUT2D eigenvalue weighted by atomic mass is 32.1. The van der Waals surface area contributed by atoms with Gasteiger partial charge in [-0.3, -0.25) is 9.59 Å². The number of primary amides is 1. The molecule has 6 nitrogen and oxygen atoms in total. The van der Waals surface area contributed by atoms with Crippen molar-refractivity contribution in [3.05, 3.63) is 71.2 Å².